The molecule has 2 heterocycles. The average Bonchev–Trinajstić information content (AvgIpc) is 3.11. The predicted molar refractivity (Wildman–Crippen MR) is 118 cm³/mol. The monoisotopic (exact) mass is 463 g/mol. The highest BCUT2D eigenvalue weighted by molar-refractivity contribution is 5.97. The molecule has 182 valence electrons. The van der Waals surface area contributed by atoms with Crippen LogP contribution in [0.4, 0.5) is 4.79 Å². The molecule has 0 saturated carbocycles. The fourth-order valence-corrected chi connectivity index (χ4v) is 3.89. The Kier molecular flexibility index (Phi) is 7.09. The van der Waals surface area contributed by atoms with E-state index >= 15 is 0 Å². The number of carbonyl (C=O) groups excluding carboxylic acids is 3. The minimum atomic E-state index is -1.40. The lowest BCUT2D eigenvalue weighted by Gasteiger charge is -2.40. The van der Waals surface area contributed by atoms with Crippen molar-refractivity contribution in [3.05, 3.63) is 23.3 Å². The summed E-state index contributed by atoms with van der Waals surface area (Å²) in [6.07, 6.45) is -1.05. The highest BCUT2D eigenvalue weighted by Crippen LogP contribution is 2.44. The topological polar surface area (TPSA) is 101 Å². The van der Waals surface area contributed by atoms with Gasteiger partial charge in [0.05, 0.1) is 18.2 Å². The van der Waals surface area contributed by atoms with Crippen LogP contribution in [0.2, 0.25) is 0 Å². The van der Waals surface area contributed by atoms with Crippen LogP contribution in [0.3, 0.4) is 0 Å². The third kappa shape index (κ3) is 5.69. The van der Waals surface area contributed by atoms with E-state index in [4.69, 9.17) is 23.7 Å². The quantitative estimate of drug-likeness (QED) is 0.370. The molecule has 1 atom stereocenters. The van der Waals surface area contributed by atoms with E-state index in [1.165, 1.54) is 4.90 Å². The largest absolute Gasteiger partial charge is 0.462 e. The molecule has 1 amide bonds. The Bertz CT molecular complexity index is 896. The number of hydrogen-bond donors (Lipinski definition) is 0. The van der Waals surface area contributed by atoms with Gasteiger partial charge in [0.2, 0.25) is 6.79 Å². The van der Waals surface area contributed by atoms with E-state index in [9.17, 15) is 14.4 Å². The number of amides is 1. The maximum Gasteiger partial charge on any atom is 0.410 e. The van der Waals surface area contributed by atoms with Gasteiger partial charge in [0.25, 0.3) is 0 Å². The second-order valence-electron chi connectivity index (χ2n) is 9.72. The van der Waals surface area contributed by atoms with Gasteiger partial charge in [0.15, 0.2) is 17.4 Å². The van der Waals surface area contributed by atoms with Crippen LogP contribution >= 0.6 is 0 Å². The van der Waals surface area contributed by atoms with Gasteiger partial charge in [0, 0.05) is 6.54 Å². The van der Waals surface area contributed by atoms with Crippen LogP contribution in [-0.2, 0) is 30.2 Å². The van der Waals surface area contributed by atoms with Gasteiger partial charge in [0.1, 0.15) is 5.60 Å². The first-order valence-electron chi connectivity index (χ1n) is 11.2. The standard InChI is InChI=1S/C24H33NO8/c1-13(2)31-21(26)19(22(27)32-14(3)4)20-16-11-18-17(29-12-30-18)10-15(16)8-9-25(20)23(28)33-24(5,6)7/h10-11,13-14,19-20H,8-9,12H2,1-7H3/t20-/m1/s1. The first-order valence-corrected chi connectivity index (χ1v) is 11.2. The lowest BCUT2D eigenvalue weighted by Crippen LogP contribution is -2.50. The van der Waals surface area contributed by atoms with Gasteiger partial charge in [-0.2, -0.15) is 0 Å². The Labute approximate surface area is 194 Å². The molecule has 1 aromatic rings. The minimum Gasteiger partial charge on any atom is -0.462 e. The van der Waals surface area contributed by atoms with Crippen LogP contribution in [0.1, 0.15) is 65.6 Å². The van der Waals surface area contributed by atoms with Crippen LogP contribution in [0.15, 0.2) is 12.1 Å². The summed E-state index contributed by atoms with van der Waals surface area (Å²) in [6.45, 7) is 12.4. The summed E-state index contributed by atoms with van der Waals surface area (Å²) in [5.41, 5.74) is 0.690. The van der Waals surface area contributed by atoms with Crippen molar-refractivity contribution in [2.75, 3.05) is 13.3 Å². The molecule has 0 N–H and O–H groups in total. The molecule has 3 rings (SSSR count). The van der Waals surface area contributed by atoms with E-state index in [1.807, 2.05) is 6.07 Å². The Hall–Kier alpha value is -2.97. The molecule has 9 nitrogen and oxygen atoms in total. The summed E-state index contributed by atoms with van der Waals surface area (Å²) < 4.78 is 27.5. The van der Waals surface area contributed by atoms with Gasteiger partial charge in [-0.3, -0.25) is 14.5 Å². The number of carbonyl (C=O) groups is 3. The lowest BCUT2D eigenvalue weighted by molar-refractivity contribution is -0.170. The predicted octanol–water partition coefficient (Wildman–Crippen LogP) is 3.77. The van der Waals surface area contributed by atoms with E-state index < -0.39 is 47.8 Å². The summed E-state index contributed by atoms with van der Waals surface area (Å²) in [5, 5.41) is 0. The summed E-state index contributed by atoms with van der Waals surface area (Å²) in [5.74, 6) is -1.86. The van der Waals surface area contributed by atoms with Crippen molar-refractivity contribution in [3.8, 4) is 11.5 Å². The van der Waals surface area contributed by atoms with E-state index in [-0.39, 0.29) is 13.3 Å². The maximum absolute atomic E-state index is 13.2. The van der Waals surface area contributed by atoms with Gasteiger partial charge < -0.3 is 23.7 Å². The second-order valence-corrected chi connectivity index (χ2v) is 9.72. The Balaban J connectivity index is 2.12. The zero-order valence-electron chi connectivity index (χ0n) is 20.3. The molecule has 2 aliphatic rings. The molecule has 2 aliphatic heterocycles. The summed E-state index contributed by atoms with van der Waals surface area (Å²) in [6, 6.07) is 2.56. The first kappa shape index (κ1) is 24.7. The molecule has 0 bridgehead atoms. The Morgan fingerprint density at radius 2 is 1.52 bits per heavy atom. The fraction of sp³-hybridized carbons (Fsp3) is 0.625. The number of benzene rings is 1. The number of fused-ring (bicyclic) bond motifs is 2. The molecule has 0 aromatic heterocycles. The molecule has 0 fully saturated rings. The van der Waals surface area contributed by atoms with Crippen LogP contribution in [0.25, 0.3) is 0 Å². The highest BCUT2D eigenvalue weighted by atomic mass is 16.7. The van der Waals surface area contributed by atoms with Crippen molar-refractivity contribution in [1.29, 1.82) is 0 Å². The molecule has 33 heavy (non-hydrogen) atoms. The van der Waals surface area contributed by atoms with E-state index in [1.54, 1.807) is 54.5 Å². The SMILES string of the molecule is CC(C)OC(=O)C(C(=O)OC(C)C)[C@H]1c2cc3c(cc2CCN1C(=O)OC(C)(C)C)OCO3. The molecule has 1 aromatic carbocycles. The van der Waals surface area contributed by atoms with Crippen molar-refractivity contribution in [2.24, 2.45) is 5.92 Å². The van der Waals surface area contributed by atoms with E-state index in [2.05, 4.69) is 0 Å². The number of hydrogen-bond acceptors (Lipinski definition) is 8. The number of esters is 2. The fourth-order valence-electron chi connectivity index (χ4n) is 3.89. The molecule has 0 aliphatic carbocycles. The summed E-state index contributed by atoms with van der Waals surface area (Å²) in [7, 11) is 0. The van der Waals surface area contributed by atoms with Gasteiger partial charge >= 0.3 is 18.0 Å². The number of nitrogens with zero attached hydrogens (tertiary/aromatic N) is 1. The molecule has 9 heteroatoms. The van der Waals surface area contributed by atoms with Crippen molar-refractivity contribution in [3.63, 3.8) is 0 Å². The van der Waals surface area contributed by atoms with E-state index in [0.717, 1.165) is 5.56 Å². The van der Waals surface area contributed by atoms with E-state index in [0.29, 0.717) is 23.5 Å². The van der Waals surface area contributed by atoms with Crippen molar-refractivity contribution in [2.45, 2.75) is 78.7 Å². The smallest absolute Gasteiger partial charge is 0.410 e. The van der Waals surface area contributed by atoms with Gasteiger partial charge in [-0.05, 0) is 78.1 Å². The van der Waals surface area contributed by atoms with Crippen LogP contribution in [0.5, 0.6) is 11.5 Å². The number of ether oxygens (including phenoxy) is 5. The Morgan fingerprint density at radius 3 is 2.03 bits per heavy atom. The van der Waals surface area contributed by atoms with Gasteiger partial charge in [-0.25, -0.2) is 4.79 Å². The minimum absolute atomic E-state index is 0.0763. The Morgan fingerprint density at radius 1 is 0.970 bits per heavy atom. The van der Waals surface area contributed by atoms with Crippen LogP contribution < -0.4 is 9.47 Å². The molecular weight excluding hydrogens is 430 g/mol. The third-order valence-corrected chi connectivity index (χ3v) is 5.07. The third-order valence-electron chi connectivity index (χ3n) is 5.07. The van der Waals surface area contributed by atoms with Crippen LogP contribution in [0, 0.1) is 5.92 Å². The van der Waals surface area contributed by atoms with Crippen molar-refractivity contribution in [1.82, 2.24) is 4.90 Å². The normalized spacial score (nSPS) is 17.3. The maximum atomic E-state index is 13.2. The zero-order chi connectivity index (χ0) is 24.5. The molecule has 0 saturated heterocycles. The zero-order valence-corrected chi connectivity index (χ0v) is 20.3. The molecule has 0 radical (unpaired) electrons. The number of rotatable bonds is 5. The highest BCUT2D eigenvalue weighted by Gasteiger charge is 2.48. The average molecular weight is 464 g/mol. The molecular formula is C24H33NO8. The molecule has 0 spiro atoms. The summed E-state index contributed by atoms with van der Waals surface area (Å²) in [4.78, 5) is 41.0. The first-order chi connectivity index (χ1) is 15.4. The second kappa shape index (κ2) is 9.49. The lowest BCUT2D eigenvalue weighted by atomic mass is 9.84. The van der Waals surface area contributed by atoms with Crippen molar-refractivity contribution < 1.29 is 38.1 Å². The van der Waals surface area contributed by atoms with Gasteiger partial charge in [-0.15, -0.1) is 0 Å². The molecule has 0 unspecified atom stereocenters. The van der Waals surface area contributed by atoms with Crippen LogP contribution in [-0.4, -0.2) is 54.1 Å². The van der Waals surface area contributed by atoms with Crippen molar-refractivity contribution >= 4 is 18.0 Å². The van der Waals surface area contributed by atoms with Gasteiger partial charge in [-0.1, -0.05) is 0 Å². The summed E-state index contributed by atoms with van der Waals surface area (Å²) >= 11 is 0.